The summed E-state index contributed by atoms with van der Waals surface area (Å²) in [5.74, 6) is 0.866. The first-order valence-corrected chi connectivity index (χ1v) is 12.2. The Balaban J connectivity index is 1.31. The smallest absolute Gasteiger partial charge is 0.227 e. The summed E-state index contributed by atoms with van der Waals surface area (Å²) >= 11 is 1.78. The Bertz CT molecular complexity index is 909. The lowest BCUT2D eigenvalue weighted by Gasteiger charge is -2.29. The average molecular weight is 438 g/mol. The monoisotopic (exact) mass is 437 g/mol. The number of carbonyl (C=O) groups is 2. The number of aryl methyl sites for hydroxylation is 1. The lowest BCUT2D eigenvalue weighted by atomic mass is 10.0. The minimum Gasteiger partial charge on any atom is -0.354 e. The number of nitrogens with zero attached hydrogens (tertiary/aromatic N) is 2. The molecule has 6 heteroatoms. The molecule has 0 spiro atoms. The molecule has 0 bridgehead atoms. The predicted molar refractivity (Wildman–Crippen MR) is 126 cm³/mol. The number of carbonyl (C=O) groups excluding carboxylic acids is 2. The van der Waals surface area contributed by atoms with Crippen molar-refractivity contribution in [3.05, 3.63) is 59.7 Å². The number of thioether (sulfide) groups is 1. The zero-order chi connectivity index (χ0) is 21.6. The zero-order valence-corrected chi connectivity index (χ0v) is 19.0. The van der Waals surface area contributed by atoms with Gasteiger partial charge in [0.05, 0.1) is 11.7 Å². The second-order valence-corrected chi connectivity index (χ2v) is 9.47. The number of para-hydroxylation sites is 1. The third-order valence-corrected chi connectivity index (χ3v) is 7.17. The number of hydrogen-bond acceptors (Lipinski definition) is 4. The molecule has 4 rings (SSSR count). The van der Waals surface area contributed by atoms with Gasteiger partial charge in [-0.3, -0.25) is 14.5 Å². The van der Waals surface area contributed by atoms with E-state index in [0.717, 1.165) is 29.4 Å². The number of anilines is 1. The molecular weight excluding hydrogens is 406 g/mol. The van der Waals surface area contributed by atoms with Crippen molar-refractivity contribution in [3.8, 4) is 0 Å². The molecule has 1 fully saturated rings. The van der Waals surface area contributed by atoms with E-state index in [9.17, 15) is 9.59 Å². The molecule has 31 heavy (non-hydrogen) atoms. The zero-order valence-electron chi connectivity index (χ0n) is 18.2. The molecule has 2 heterocycles. The molecule has 2 aliphatic rings. The molecule has 2 aromatic rings. The molecule has 0 aromatic heterocycles. The first-order chi connectivity index (χ1) is 15.1. The van der Waals surface area contributed by atoms with Gasteiger partial charge >= 0.3 is 0 Å². The van der Waals surface area contributed by atoms with Crippen LogP contribution in [-0.2, 0) is 9.59 Å². The highest BCUT2D eigenvalue weighted by molar-refractivity contribution is 7.99. The van der Waals surface area contributed by atoms with Crippen LogP contribution in [0, 0.1) is 6.92 Å². The lowest BCUT2D eigenvalue weighted by molar-refractivity contribution is -0.125. The summed E-state index contributed by atoms with van der Waals surface area (Å²) in [6.07, 6.45) is 2.88. The van der Waals surface area contributed by atoms with Crippen LogP contribution in [0.5, 0.6) is 0 Å². The Morgan fingerprint density at radius 1 is 1.00 bits per heavy atom. The van der Waals surface area contributed by atoms with Crippen LogP contribution in [0.4, 0.5) is 5.69 Å². The van der Waals surface area contributed by atoms with Crippen molar-refractivity contribution in [1.82, 2.24) is 10.2 Å². The number of nitrogens with one attached hydrogen (secondary N) is 1. The molecule has 1 N–H and O–H groups in total. The molecule has 2 aliphatic heterocycles. The molecular formula is C25H31N3O2S. The standard InChI is InChI=1S/C25H31N3O2S/c1-19-8-10-20(11-9-19)22(27-14-4-5-15-27)18-26-24(29)12-13-25(30)28-16-17-31-23-7-3-2-6-21(23)28/h2-3,6-11,22H,4-5,12-18H2,1H3,(H,26,29). The van der Waals surface area contributed by atoms with Crippen molar-refractivity contribution in [1.29, 1.82) is 0 Å². The van der Waals surface area contributed by atoms with E-state index in [2.05, 4.69) is 47.5 Å². The van der Waals surface area contributed by atoms with Crippen LogP contribution in [0.1, 0.15) is 42.9 Å². The van der Waals surface area contributed by atoms with Crippen molar-refractivity contribution < 1.29 is 9.59 Å². The van der Waals surface area contributed by atoms with Crippen LogP contribution in [-0.4, -0.2) is 48.6 Å². The molecule has 1 saturated heterocycles. The van der Waals surface area contributed by atoms with E-state index in [4.69, 9.17) is 0 Å². The van der Waals surface area contributed by atoms with Gasteiger partial charge in [0, 0.05) is 36.6 Å². The van der Waals surface area contributed by atoms with E-state index in [0.29, 0.717) is 13.1 Å². The molecule has 1 atom stereocenters. The van der Waals surface area contributed by atoms with Gasteiger partial charge in [0.15, 0.2) is 0 Å². The molecule has 2 aromatic carbocycles. The number of fused-ring (bicyclic) bond motifs is 1. The van der Waals surface area contributed by atoms with Crippen molar-refractivity contribution >= 4 is 29.3 Å². The van der Waals surface area contributed by atoms with Crippen LogP contribution in [0.2, 0.25) is 0 Å². The Kier molecular flexibility index (Phi) is 7.30. The van der Waals surface area contributed by atoms with Gasteiger partial charge in [-0.1, -0.05) is 42.0 Å². The van der Waals surface area contributed by atoms with Crippen molar-refractivity contribution in [2.24, 2.45) is 0 Å². The van der Waals surface area contributed by atoms with Gasteiger partial charge < -0.3 is 10.2 Å². The van der Waals surface area contributed by atoms with E-state index >= 15 is 0 Å². The first kappa shape index (κ1) is 21.9. The summed E-state index contributed by atoms with van der Waals surface area (Å²) in [5, 5.41) is 3.09. The van der Waals surface area contributed by atoms with Crippen molar-refractivity contribution in [2.45, 2.75) is 43.5 Å². The number of likely N-dealkylation sites (tertiary alicyclic amines) is 1. The number of benzene rings is 2. The fourth-order valence-corrected chi connectivity index (χ4v) is 5.38. The van der Waals surface area contributed by atoms with Crippen LogP contribution in [0.3, 0.4) is 0 Å². The van der Waals surface area contributed by atoms with Crippen molar-refractivity contribution in [3.63, 3.8) is 0 Å². The normalized spacial score (nSPS) is 17.3. The van der Waals surface area contributed by atoms with Crippen LogP contribution >= 0.6 is 11.8 Å². The maximum absolute atomic E-state index is 12.8. The summed E-state index contributed by atoms with van der Waals surface area (Å²) in [7, 11) is 0. The fraction of sp³-hybridized carbons (Fsp3) is 0.440. The topological polar surface area (TPSA) is 52.7 Å². The highest BCUT2D eigenvalue weighted by Crippen LogP contribution is 2.34. The molecule has 5 nitrogen and oxygen atoms in total. The van der Waals surface area contributed by atoms with E-state index in [1.54, 1.807) is 11.8 Å². The number of hydrogen-bond donors (Lipinski definition) is 1. The Morgan fingerprint density at radius 3 is 2.52 bits per heavy atom. The Labute approximate surface area is 189 Å². The van der Waals surface area contributed by atoms with E-state index < -0.39 is 0 Å². The van der Waals surface area contributed by atoms with Crippen molar-refractivity contribution in [2.75, 3.05) is 36.8 Å². The number of rotatable bonds is 7. The average Bonchev–Trinajstić information content (AvgIpc) is 3.33. The van der Waals surface area contributed by atoms with E-state index in [1.807, 2.05) is 23.1 Å². The van der Waals surface area contributed by atoms with Gasteiger partial charge in [-0.05, 0) is 50.6 Å². The third-order valence-electron chi connectivity index (χ3n) is 6.13. The van der Waals surface area contributed by atoms with Gasteiger partial charge in [-0.15, -0.1) is 11.8 Å². The fourth-order valence-electron chi connectivity index (χ4n) is 4.38. The highest BCUT2D eigenvalue weighted by atomic mass is 32.2. The highest BCUT2D eigenvalue weighted by Gasteiger charge is 2.25. The summed E-state index contributed by atoms with van der Waals surface area (Å²) in [4.78, 5) is 30.8. The largest absolute Gasteiger partial charge is 0.354 e. The van der Waals surface area contributed by atoms with E-state index in [-0.39, 0.29) is 30.7 Å². The molecule has 0 aliphatic carbocycles. The minimum absolute atomic E-state index is 0.0255. The van der Waals surface area contributed by atoms with Gasteiger partial charge in [-0.2, -0.15) is 0 Å². The van der Waals surface area contributed by atoms with Gasteiger partial charge in [0.2, 0.25) is 11.8 Å². The van der Waals surface area contributed by atoms with Crippen LogP contribution < -0.4 is 10.2 Å². The second-order valence-electron chi connectivity index (χ2n) is 8.34. The maximum atomic E-state index is 12.8. The Hall–Kier alpha value is -2.31. The third kappa shape index (κ3) is 5.49. The molecule has 0 radical (unpaired) electrons. The first-order valence-electron chi connectivity index (χ1n) is 11.2. The SMILES string of the molecule is Cc1ccc(C(CNC(=O)CCC(=O)N2CCSc3ccccc32)N2CCCC2)cc1. The van der Waals surface area contributed by atoms with Crippen LogP contribution in [0.15, 0.2) is 53.4 Å². The molecule has 0 saturated carbocycles. The second kappa shape index (κ2) is 10.3. The molecule has 164 valence electrons. The minimum atomic E-state index is -0.0515. The van der Waals surface area contributed by atoms with Gasteiger partial charge in [0.1, 0.15) is 0 Å². The lowest BCUT2D eigenvalue weighted by Crippen LogP contribution is -2.38. The van der Waals surface area contributed by atoms with Gasteiger partial charge in [-0.25, -0.2) is 0 Å². The molecule has 2 amide bonds. The Morgan fingerprint density at radius 2 is 1.74 bits per heavy atom. The predicted octanol–water partition coefficient (Wildman–Crippen LogP) is 4.17. The quantitative estimate of drug-likeness (QED) is 0.707. The number of amides is 2. The van der Waals surface area contributed by atoms with E-state index in [1.165, 1.54) is 24.0 Å². The maximum Gasteiger partial charge on any atom is 0.227 e. The summed E-state index contributed by atoms with van der Waals surface area (Å²) < 4.78 is 0. The summed E-state index contributed by atoms with van der Waals surface area (Å²) in [6.45, 7) is 5.51. The van der Waals surface area contributed by atoms with Crippen LogP contribution in [0.25, 0.3) is 0 Å². The summed E-state index contributed by atoms with van der Waals surface area (Å²) in [5.41, 5.74) is 3.45. The molecule has 1 unspecified atom stereocenters. The summed E-state index contributed by atoms with van der Waals surface area (Å²) in [6, 6.07) is 16.8. The van der Waals surface area contributed by atoms with Gasteiger partial charge in [0.25, 0.3) is 0 Å².